The standard InChI is InChI=1S/C22H22N3O3S2.C21H18FN3O3S2.C20H18ClN3OS2.C20H18FN3OS2.ClH/c1-14-8-9-16-17(11-14)29-22(24(16)3)20-21(27)25(13-19(26)28-4)18(30-20)12-15-7-5-6-10-23(15)2;1-12(21(27)28-3)25-17(11-14-6-4-5-9-23-14)30-18(19(25)26)20-24(2)15-8-7-13(22)10-16(15)29-20;2*1-3-10-24-17(12-14-6-4-5-9-22-14)27-18(19(24)25)20-23(2)15-8-7-13(21)11-16(15)26-20;/h5-12H,13H2,1-4H3;4-12H,1-3H3;2*4-9,11-12H,3,10H2,1-2H3;1H/q+1;;;;/p-1/b22-20+;17-11-,20-18+;2*17-12-,20-18+;/t;12-;;;/m.1.../s1. The Bertz CT molecular complexity index is 6350. The van der Waals surface area contributed by atoms with Gasteiger partial charge in [0, 0.05) is 103 Å². The molecule has 592 valence electrons. The molecule has 0 aliphatic carbocycles. The van der Waals surface area contributed by atoms with Crippen molar-refractivity contribution in [1.82, 2.24) is 33.2 Å². The molecule has 4 aromatic carbocycles. The van der Waals surface area contributed by atoms with Gasteiger partial charge in [0.25, 0.3) is 22.2 Å². The van der Waals surface area contributed by atoms with E-state index in [4.69, 9.17) is 21.1 Å². The first-order chi connectivity index (χ1) is 54.9. The van der Waals surface area contributed by atoms with Crippen LogP contribution in [-0.2, 0) is 45.7 Å². The number of nitrogens with zero attached hydrogens (tertiary/aromatic N) is 12. The van der Waals surface area contributed by atoms with Crippen LogP contribution in [-0.4, -0.2) is 87.6 Å². The van der Waals surface area contributed by atoms with Crippen molar-refractivity contribution in [3.05, 3.63) is 294 Å². The summed E-state index contributed by atoms with van der Waals surface area (Å²) < 4.78 is 51.1. The lowest BCUT2D eigenvalue weighted by molar-refractivity contribution is -0.673. The van der Waals surface area contributed by atoms with Crippen molar-refractivity contribution in [2.24, 2.45) is 7.05 Å². The summed E-state index contributed by atoms with van der Waals surface area (Å²) in [5.41, 5.74) is 7.89. The highest BCUT2D eigenvalue weighted by molar-refractivity contribution is 8.09. The Labute approximate surface area is 703 Å². The molecule has 0 saturated heterocycles. The molecule has 8 aromatic heterocycles. The second-order valence-corrected chi connectivity index (χ2v) is 34.8. The Balaban J connectivity index is 0.000000141. The van der Waals surface area contributed by atoms with Crippen LogP contribution in [0.25, 0.3) is 44.4 Å². The van der Waals surface area contributed by atoms with Crippen molar-refractivity contribution < 1.29 is 44.8 Å². The lowest BCUT2D eigenvalue weighted by Crippen LogP contribution is -3.00. The van der Waals surface area contributed by atoms with Crippen molar-refractivity contribution in [1.29, 1.82) is 0 Å². The first kappa shape index (κ1) is 84.5. The average Bonchev–Trinajstić information content (AvgIpc) is 1.63. The van der Waals surface area contributed by atoms with Crippen LogP contribution in [0.2, 0.25) is 5.02 Å². The minimum atomic E-state index is -0.806. The summed E-state index contributed by atoms with van der Waals surface area (Å²) in [6.07, 6.45) is 16.5. The molecule has 0 saturated carbocycles. The Morgan fingerprint density at radius 3 is 1.31 bits per heavy atom. The van der Waals surface area contributed by atoms with Crippen molar-refractivity contribution in [3.63, 3.8) is 0 Å². The van der Waals surface area contributed by atoms with E-state index in [1.807, 2.05) is 168 Å². The quantitative estimate of drug-likeness (QED) is 0.0881. The number of carbonyl (C=O) groups excluding carboxylic acids is 2. The molecule has 115 heavy (non-hydrogen) atoms. The molecule has 32 heteroatoms. The first-order valence-electron chi connectivity index (χ1n) is 35.8. The topological polar surface area (TPSA) is 196 Å². The SMILES string of the molecule is CCCn1c(=O)/c(=C2\Sc3cc(Cl)ccc3N2C)s/c1=C\c1ccccn1.CCCn1c(=O)/c(=C2\Sc3cc(F)ccc3N2C)s/c1=C\c1ccccn1.COC(=O)Cn1c(=O)/c(=C2\Sc3cc(C)ccc3N2C)s/c1=C\c1cccc[n+]1C.COC(=O)[C@@H](C)n1c(=O)/c(=C2\Sc3cc(F)ccc3N2C)s/c1=C\c1ccccn1.[Cl-]. The number of thiazole rings is 4. The van der Waals surface area contributed by atoms with Crippen LogP contribution in [0.5, 0.6) is 0 Å². The number of hydrogen-bond acceptors (Lipinski definition) is 23. The predicted octanol–water partition coefficient (Wildman–Crippen LogP) is 7.17. The fourth-order valence-electron chi connectivity index (χ4n) is 12.5. The number of ether oxygens (including phenoxy) is 2. The third-order valence-electron chi connectivity index (χ3n) is 18.3. The van der Waals surface area contributed by atoms with Crippen LogP contribution >= 0.6 is 104 Å². The number of aromatic nitrogens is 8. The molecule has 0 N–H and O–H groups in total. The third-order valence-corrected chi connectivity index (χ3v) is 28.4. The summed E-state index contributed by atoms with van der Waals surface area (Å²) in [5.74, 6) is -1.57. The predicted molar refractivity (Wildman–Crippen MR) is 461 cm³/mol. The van der Waals surface area contributed by atoms with Crippen LogP contribution < -0.4 is 95.6 Å². The fourth-order valence-corrected chi connectivity index (χ4v) is 22.7. The van der Waals surface area contributed by atoms with E-state index in [1.165, 1.54) is 122 Å². The highest BCUT2D eigenvalue weighted by Crippen LogP contribution is 2.49. The normalized spacial score (nSPS) is 15.9. The molecule has 16 rings (SSSR count). The molecule has 4 aliphatic heterocycles. The molecule has 0 bridgehead atoms. The van der Waals surface area contributed by atoms with Crippen LogP contribution in [0.3, 0.4) is 0 Å². The third kappa shape index (κ3) is 18.4. The smallest absolute Gasteiger partial charge is 0.328 e. The second-order valence-electron chi connectivity index (χ2n) is 26.1. The van der Waals surface area contributed by atoms with Gasteiger partial charge < -0.3 is 41.5 Å². The minimum absolute atomic E-state index is 0. The van der Waals surface area contributed by atoms with E-state index in [0.717, 1.165) is 101 Å². The van der Waals surface area contributed by atoms with Gasteiger partial charge in [-0.2, -0.15) is 0 Å². The van der Waals surface area contributed by atoms with Gasteiger partial charge in [-0.3, -0.25) is 57.2 Å². The van der Waals surface area contributed by atoms with Crippen molar-refractivity contribution in [2.75, 3.05) is 62.0 Å². The number of rotatable bonds is 12. The maximum Gasteiger partial charge on any atom is 0.328 e. The Morgan fingerprint density at radius 1 is 0.496 bits per heavy atom. The largest absolute Gasteiger partial charge is 1.00 e. The molecule has 0 fully saturated rings. The lowest BCUT2D eigenvalue weighted by Gasteiger charge is -2.12. The van der Waals surface area contributed by atoms with Gasteiger partial charge in [0.15, 0.2) is 6.20 Å². The number of halogens is 4. The van der Waals surface area contributed by atoms with Crippen LogP contribution in [0.4, 0.5) is 31.5 Å². The molecule has 0 amide bonds. The highest BCUT2D eigenvalue weighted by Gasteiger charge is 2.31. The number of hydrogen-bond donors (Lipinski definition) is 0. The van der Waals surface area contributed by atoms with Gasteiger partial charge in [0.1, 0.15) is 88.2 Å². The Kier molecular flexibility index (Phi) is 27.5. The minimum Gasteiger partial charge on any atom is -1.00 e. The van der Waals surface area contributed by atoms with Crippen molar-refractivity contribution in [3.8, 4) is 0 Å². The second kappa shape index (κ2) is 37.4. The van der Waals surface area contributed by atoms with Gasteiger partial charge in [-0.15, -0.1) is 45.3 Å². The van der Waals surface area contributed by atoms with Crippen LogP contribution in [0, 0.1) is 18.6 Å². The molecule has 0 radical (unpaired) electrons. The summed E-state index contributed by atoms with van der Waals surface area (Å²) in [6.45, 7) is 9.03. The number of pyridine rings is 4. The summed E-state index contributed by atoms with van der Waals surface area (Å²) in [5, 5.41) is 4.07. The van der Waals surface area contributed by atoms with E-state index >= 15 is 0 Å². The maximum atomic E-state index is 13.7. The molecule has 0 spiro atoms. The number of thioether (sulfide) groups is 4. The average molecular weight is 1740 g/mol. The molecule has 0 unspecified atom stereocenters. The molecular weight excluding hydrogens is 1660 g/mol. The number of anilines is 4. The van der Waals surface area contributed by atoms with Gasteiger partial charge in [-0.1, -0.05) is 96.8 Å². The zero-order valence-electron chi connectivity index (χ0n) is 64.0. The van der Waals surface area contributed by atoms with E-state index in [0.29, 0.717) is 51.8 Å². The number of esters is 2. The van der Waals surface area contributed by atoms with E-state index in [-0.39, 0.29) is 52.8 Å². The Hall–Kier alpha value is -9.86. The highest BCUT2D eigenvalue weighted by atomic mass is 35.5. The summed E-state index contributed by atoms with van der Waals surface area (Å²) in [7, 11) is 12.3. The van der Waals surface area contributed by atoms with Gasteiger partial charge in [-0.05, 0) is 160 Å². The number of benzene rings is 4. The van der Waals surface area contributed by atoms with Gasteiger partial charge in [0.05, 0.1) is 54.1 Å². The monoisotopic (exact) mass is 1730 g/mol. The molecule has 12 heterocycles. The molecule has 4 aliphatic rings. The van der Waals surface area contributed by atoms with Gasteiger partial charge in [-0.25, -0.2) is 18.1 Å². The number of fused-ring (bicyclic) bond motifs is 4. The van der Waals surface area contributed by atoms with Crippen molar-refractivity contribution in [2.45, 2.75) is 85.8 Å². The number of aryl methyl sites for hydroxylation is 2. The summed E-state index contributed by atoms with van der Waals surface area (Å²) in [6, 6.07) is 43.4. The molecule has 20 nitrogen and oxygen atoms in total. The molecule has 12 aromatic rings. The van der Waals surface area contributed by atoms with E-state index in [2.05, 4.69) is 58.8 Å². The van der Waals surface area contributed by atoms with E-state index < -0.39 is 18.0 Å². The van der Waals surface area contributed by atoms with Gasteiger partial charge in [0.2, 0.25) is 5.69 Å². The maximum absolute atomic E-state index is 13.7. The van der Waals surface area contributed by atoms with Crippen LogP contribution in [0.1, 0.15) is 68.0 Å². The summed E-state index contributed by atoms with van der Waals surface area (Å²) in [4.78, 5) is 102. The number of methoxy groups -OCH3 is 2. The zero-order chi connectivity index (χ0) is 80.8. The van der Waals surface area contributed by atoms with Crippen LogP contribution in [0.15, 0.2) is 209 Å². The van der Waals surface area contributed by atoms with Crippen molar-refractivity contribution >= 4 is 183 Å². The van der Waals surface area contributed by atoms with E-state index in [9.17, 15) is 37.5 Å². The van der Waals surface area contributed by atoms with E-state index in [1.54, 1.807) is 77.9 Å². The molecular formula is C83H76Cl2F2N12O8S8. The summed E-state index contributed by atoms with van der Waals surface area (Å²) >= 11 is 17.7. The Morgan fingerprint density at radius 2 is 0.887 bits per heavy atom. The number of carbonyl (C=O) groups is 2. The van der Waals surface area contributed by atoms with Gasteiger partial charge >= 0.3 is 11.9 Å². The molecule has 1 atom stereocenters. The fraction of sp³-hybridized carbons (Fsp3) is 0.205. The zero-order valence-corrected chi connectivity index (χ0v) is 72.0. The first-order valence-corrected chi connectivity index (χ1v) is 42.7. The lowest BCUT2D eigenvalue weighted by atomic mass is 10.2.